The maximum atomic E-state index is 10.4. The standard InChI is InChI=1S/C16H22N2O2/c1-4-9-20-15-7-5-13(6-8-15)16(19)14-10-17-18(11-14)12(2)3/h5-8,10-12,16,19H,4,9H2,1-3H3. The van der Waals surface area contributed by atoms with Crippen LogP contribution in [0.3, 0.4) is 0 Å². The average Bonchev–Trinajstić information content (AvgIpc) is 2.95. The lowest BCUT2D eigenvalue weighted by molar-refractivity contribution is 0.220. The predicted molar refractivity (Wildman–Crippen MR) is 78.9 cm³/mol. The Hall–Kier alpha value is -1.81. The van der Waals surface area contributed by atoms with Gasteiger partial charge < -0.3 is 9.84 Å². The van der Waals surface area contributed by atoms with Crippen LogP contribution in [0.4, 0.5) is 0 Å². The Labute approximate surface area is 120 Å². The molecule has 0 aliphatic carbocycles. The van der Waals surface area contributed by atoms with Crippen LogP contribution in [0.5, 0.6) is 5.75 Å². The zero-order chi connectivity index (χ0) is 14.5. The molecule has 0 saturated carbocycles. The molecule has 1 heterocycles. The van der Waals surface area contributed by atoms with Crippen LogP contribution in [0.15, 0.2) is 36.7 Å². The van der Waals surface area contributed by atoms with Gasteiger partial charge in [-0.15, -0.1) is 0 Å². The lowest BCUT2D eigenvalue weighted by Gasteiger charge is -2.10. The molecule has 4 heteroatoms. The first-order chi connectivity index (χ1) is 9.61. The Bertz CT molecular complexity index is 532. The van der Waals surface area contributed by atoms with Gasteiger partial charge in [-0.25, -0.2) is 0 Å². The molecule has 0 bridgehead atoms. The van der Waals surface area contributed by atoms with E-state index in [4.69, 9.17) is 4.74 Å². The molecule has 0 saturated heterocycles. The highest BCUT2D eigenvalue weighted by Crippen LogP contribution is 2.24. The summed E-state index contributed by atoms with van der Waals surface area (Å²) in [6.45, 7) is 6.90. The zero-order valence-electron chi connectivity index (χ0n) is 12.3. The number of ether oxygens (including phenoxy) is 1. The molecule has 108 valence electrons. The normalized spacial score (nSPS) is 12.7. The summed E-state index contributed by atoms with van der Waals surface area (Å²) >= 11 is 0. The topological polar surface area (TPSA) is 47.3 Å². The SMILES string of the molecule is CCCOc1ccc(C(O)c2cnn(C(C)C)c2)cc1. The van der Waals surface area contributed by atoms with Crippen molar-refractivity contribution >= 4 is 0 Å². The number of aliphatic hydroxyl groups is 1. The predicted octanol–water partition coefficient (Wildman–Crippen LogP) is 3.33. The third-order valence-corrected chi connectivity index (χ3v) is 3.13. The summed E-state index contributed by atoms with van der Waals surface area (Å²) in [5, 5.41) is 14.6. The molecule has 2 aromatic rings. The number of rotatable bonds is 6. The Morgan fingerprint density at radius 2 is 1.90 bits per heavy atom. The van der Waals surface area contributed by atoms with E-state index in [0.29, 0.717) is 12.6 Å². The highest BCUT2D eigenvalue weighted by molar-refractivity contribution is 5.32. The molecular weight excluding hydrogens is 252 g/mol. The first-order valence-electron chi connectivity index (χ1n) is 7.06. The van der Waals surface area contributed by atoms with E-state index < -0.39 is 6.10 Å². The fourth-order valence-corrected chi connectivity index (χ4v) is 1.94. The molecule has 0 radical (unpaired) electrons. The van der Waals surface area contributed by atoms with Crippen molar-refractivity contribution in [2.24, 2.45) is 0 Å². The van der Waals surface area contributed by atoms with Crippen molar-refractivity contribution in [1.29, 1.82) is 0 Å². The van der Waals surface area contributed by atoms with Crippen molar-refractivity contribution < 1.29 is 9.84 Å². The quantitative estimate of drug-likeness (QED) is 0.879. The minimum Gasteiger partial charge on any atom is -0.494 e. The smallest absolute Gasteiger partial charge is 0.119 e. The van der Waals surface area contributed by atoms with Gasteiger partial charge in [0.05, 0.1) is 12.8 Å². The van der Waals surface area contributed by atoms with Crippen molar-refractivity contribution in [2.75, 3.05) is 6.61 Å². The number of hydrogen-bond donors (Lipinski definition) is 1. The Kier molecular flexibility index (Phi) is 4.79. The van der Waals surface area contributed by atoms with E-state index in [2.05, 4.69) is 25.9 Å². The van der Waals surface area contributed by atoms with Crippen LogP contribution in [-0.4, -0.2) is 21.5 Å². The highest BCUT2D eigenvalue weighted by atomic mass is 16.5. The number of nitrogens with zero attached hydrogens (tertiary/aromatic N) is 2. The summed E-state index contributed by atoms with van der Waals surface area (Å²) in [7, 11) is 0. The largest absolute Gasteiger partial charge is 0.494 e. The fourth-order valence-electron chi connectivity index (χ4n) is 1.94. The second kappa shape index (κ2) is 6.57. The third-order valence-electron chi connectivity index (χ3n) is 3.13. The molecular formula is C16H22N2O2. The summed E-state index contributed by atoms with van der Waals surface area (Å²) in [6.07, 6.45) is 3.93. The second-order valence-electron chi connectivity index (χ2n) is 5.17. The van der Waals surface area contributed by atoms with Crippen LogP contribution < -0.4 is 4.74 Å². The Morgan fingerprint density at radius 1 is 1.20 bits per heavy atom. The van der Waals surface area contributed by atoms with E-state index >= 15 is 0 Å². The summed E-state index contributed by atoms with van der Waals surface area (Å²) in [6, 6.07) is 7.85. The van der Waals surface area contributed by atoms with E-state index in [1.54, 1.807) is 6.20 Å². The molecule has 1 aromatic heterocycles. The number of hydrogen-bond acceptors (Lipinski definition) is 3. The third kappa shape index (κ3) is 3.39. The van der Waals surface area contributed by atoms with E-state index in [1.165, 1.54) is 0 Å². The van der Waals surface area contributed by atoms with Gasteiger partial charge >= 0.3 is 0 Å². The van der Waals surface area contributed by atoms with Crippen molar-refractivity contribution in [3.8, 4) is 5.75 Å². The summed E-state index contributed by atoms with van der Waals surface area (Å²) in [5.41, 5.74) is 1.65. The van der Waals surface area contributed by atoms with Crippen LogP contribution in [0, 0.1) is 0 Å². The van der Waals surface area contributed by atoms with E-state index in [9.17, 15) is 5.11 Å². The van der Waals surface area contributed by atoms with Crippen molar-refractivity contribution in [1.82, 2.24) is 9.78 Å². The van der Waals surface area contributed by atoms with Gasteiger partial charge in [-0.3, -0.25) is 4.68 Å². The molecule has 1 unspecified atom stereocenters. The average molecular weight is 274 g/mol. The van der Waals surface area contributed by atoms with Gasteiger partial charge in [-0.2, -0.15) is 5.10 Å². The molecule has 2 rings (SSSR count). The molecule has 20 heavy (non-hydrogen) atoms. The molecule has 0 aliphatic heterocycles. The van der Waals surface area contributed by atoms with Gasteiger partial charge in [0.25, 0.3) is 0 Å². The Balaban J connectivity index is 2.09. The zero-order valence-corrected chi connectivity index (χ0v) is 12.3. The molecule has 0 spiro atoms. The van der Waals surface area contributed by atoms with E-state index in [-0.39, 0.29) is 0 Å². The molecule has 1 aromatic carbocycles. The van der Waals surface area contributed by atoms with Crippen molar-refractivity contribution in [2.45, 2.75) is 39.3 Å². The minimum absolute atomic E-state index is 0.292. The molecule has 0 aliphatic rings. The van der Waals surface area contributed by atoms with E-state index in [1.807, 2.05) is 35.1 Å². The summed E-state index contributed by atoms with van der Waals surface area (Å²) < 4.78 is 7.38. The van der Waals surface area contributed by atoms with Gasteiger partial charge in [0.1, 0.15) is 11.9 Å². The highest BCUT2D eigenvalue weighted by Gasteiger charge is 2.13. The van der Waals surface area contributed by atoms with E-state index in [0.717, 1.165) is 23.3 Å². The number of benzene rings is 1. The molecule has 1 N–H and O–H groups in total. The molecule has 1 atom stereocenters. The molecule has 0 fully saturated rings. The van der Waals surface area contributed by atoms with Gasteiger partial charge in [-0.05, 0) is 38.0 Å². The maximum absolute atomic E-state index is 10.4. The van der Waals surface area contributed by atoms with Gasteiger partial charge in [0, 0.05) is 17.8 Å². The first kappa shape index (κ1) is 14.6. The van der Waals surface area contributed by atoms with Crippen molar-refractivity contribution in [3.05, 3.63) is 47.8 Å². The number of aromatic nitrogens is 2. The number of aliphatic hydroxyl groups excluding tert-OH is 1. The summed E-state index contributed by atoms with van der Waals surface area (Å²) in [4.78, 5) is 0. The van der Waals surface area contributed by atoms with Crippen LogP contribution in [0.25, 0.3) is 0 Å². The fraction of sp³-hybridized carbons (Fsp3) is 0.438. The Morgan fingerprint density at radius 3 is 2.45 bits per heavy atom. The van der Waals surface area contributed by atoms with Gasteiger partial charge in [0.2, 0.25) is 0 Å². The van der Waals surface area contributed by atoms with Crippen LogP contribution in [0.1, 0.15) is 50.5 Å². The molecule has 0 amide bonds. The second-order valence-corrected chi connectivity index (χ2v) is 5.17. The van der Waals surface area contributed by atoms with Crippen molar-refractivity contribution in [3.63, 3.8) is 0 Å². The van der Waals surface area contributed by atoms with Gasteiger partial charge in [-0.1, -0.05) is 19.1 Å². The monoisotopic (exact) mass is 274 g/mol. The maximum Gasteiger partial charge on any atom is 0.119 e. The van der Waals surface area contributed by atoms with Crippen LogP contribution >= 0.6 is 0 Å². The lowest BCUT2D eigenvalue weighted by atomic mass is 10.0. The lowest BCUT2D eigenvalue weighted by Crippen LogP contribution is -2.01. The van der Waals surface area contributed by atoms with Crippen LogP contribution in [0.2, 0.25) is 0 Å². The first-order valence-corrected chi connectivity index (χ1v) is 7.06. The van der Waals surface area contributed by atoms with Crippen LogP contribution in [-0.2, 0) is 0 Å². The minimum atomic E-state index is -0.650. The van der Waals surface area contributed by atoms with Gasteiger partial charge in [0.15, 0.2) is 0 Å². The molecule has 4 nitrogen and oxygen atoms in total. The summed E-state index contributed by atoms with van der Waals surface area (Å²) in [5.74, 6) is 0.834.